The van der Waals surface area contributed by atoms with Crippen molar-refractivity contribution in [1.82, 2.24) is 0 Å². The van der Waals surface area contributed by atoms with Crippen LogP contribution in [0.5, 0.6) is 11.5 Å². The van der Waals surface area contributed by atoms with Crippen LogP contribution in [0.4, 0.5) is 37.7 Å². The van der Waals surface area contributed by atoms with Crippen molar-refractivity contribution in [1.29, 1.82) is 0 Å². The molecule has 0 saturated heterocycles. The zero-order chi connectivity index (χ0) is 30.5. The van der Waals surface area contributed by atoms with E-state index in [1.54, 1.807) is 0 Å². The van der Waals surface area contributed by atoms with Crippen molar-refractivity contribution < 1.29 is 45.4 Å². The molecule has 3 aromatic carbocycles. The molecule has 3 aromatic rings. The number of benzene rings is 3. The van der Waals surface area contributed by atoms with E-state index in [9.17, 15) is 35.9 Å². The highest BCUT2D eigenvalue weighted by molar-refractivity contribution is 6.31. The molecule has 0 spiro atoms. The summed E-state index contributed by atoms with van der Waals surface area (Å²) in [6, 6.07) is 9.23. The predicted molar refractivity (Wildman–Crippen MR) is 138 cm³/mol. The lowest BCUT2D eigenvalue weighted by Gasteiger charge is -2.17. The van der Waals surface area contributed by atoms with Crippen LogP contribution in [0.3, 0.4) is 0 Å². The molecule has 7 nitrogen and oxygen atoms in total. The quantitative estimate of drug-likeness (QED) is 0.0661. The second kappa shape index (κ2) is 12.6. The molecule has 0 bridgehead atoms. The lowest BCUT2D eigenvalue weighted by atomic mass is 10.1. The molecule has 0 radical (unpaired) electrons. The van der Waals surface area contributed by atoms with E-state index in [1.165, 1.54) is 38.3 Å². The van der Waals surface area contributed by atoms with Gasteiger partial charge >= 0.3 is 18.3 Å². The number of rotatable bonds is 7. The van der Waals surface area contributed by atoms with Crippen LogP contribution in [0.15, 0.2) is 71.0 Å². The number of anilines is 1. The number of nitrogens with zero attached hydrogens (tertiary/aromatic N) is 3. The molecule has 0 N–H and O–H groups in total. The molecule has 0 fully saturated rings. The Morgan fingerprint density at radius 1 is 0.854 bits per heavy atom. The van der Waals surface area contributed by atoms with Gasteiger partial charge in [0.1, 0.15) is 0 Å². The minimum Gasteiger partial charge on any atom is -0.493 e. The molecular weight excluding hydrogens is 603 g/mol. The fourth-order valence-electron chi connectivity index (χ4n) is 3.24. The largest absolute Gasteiger partial charge is 0.493 e. The van der Waals surface area contributed by atoms with Gasteiger partial charge in [0, 0.05) is 13.0 Å². The van der Waals surface area contributed by atoms with Gasteiger partial charge in [0.05, 0.1) is 39.7 Å². The number of ether oxygens (including phenoxy) is 2. The maximum atomic E-state index is 13.5. The van der Waals surface area contributed by atoms with Crippen molar-refractivity contribution in [2.75, 3.05) is 12.1 Å². The van der Waals surface area contributed by atoms with E-state index in [2.05, 4.69) is 10.3 Å². The van der Waals surface area contributed by atoms with Crippen molar-refractivity contribution in [3.8, 4) is 11.5 Å². The number of esters is 1. The number of alkyl halides is 6. The molecule has 3 rings (SSSR count). The number of halogens is 8. The van der Waals surface area contributed by atoms with Crippen LogP contribution < -0.4 is 14.5 Å². The van der Waals surface area contributed by atoms with E-state index in [0.29, 0.717) is 22.7 Å². The maximum Gasteiger partial charge on any atom is 0.417 e. The van der Waals surface area contributed by atoms with E-state index >= 15 is 0 Å². The molecule has 0 unspecified atom stereocenters. The van der Waals surface area contributed by atoms with Gasteiger partial charge in [-0.25, -0.2) is 0 Å². The molecule has 0 heterocycles. The average molecular weight is 620 g/mol. The zero-order valence-electron chi connectivity index (χ0n) is 20.8. The van der Waals surface area contributed by atoms with Crippen LogP contribution in [0.1, 0.15) is 23.6 Å². The topological polar surface area (TPSA) is 80.6 Å². The van der Waals surface area contributed by atoms with Crippen LogP contribution in [0.25, 0.3) is 6.08 Å². The number of hydrogen-bond donors (Lipinski definition) is 0. The normalized spacial score (nSPS) is 12.1. The van der Waals surface area contributed by atoms with Gasteiger partial charge in [-0.15, -0.1) is 5.11 Å². The molecule has 0 aliphatic heterocycles. The summed E-state index contributed by atoms with van der Waals surface area (Å²) in [5.74, 6) is -1.40. The van der Waals surface area contributed by atoms with Gasteiger partial charge in [-0.3, -0.25) is 9.59 Å². The number of hydrogen-bond acceptors (Lipinski definition) is 6. The van der Waals surface area contributed by atoms with Gasteiger partial charge in [-0.1, -0.05) is 34.5 Å². The third kappa shape index (κ3) is 8.21. The number of methoxy groups -OCH3 is 1. The summed E-state index contributed by atoms with van der Waals surface area (Å²) < 4.78 is 90.3. The summed E-state index contributed by atoms with van der Waals surface area (Å²) in [6.07, 6.45) is -7.56. The van der Waals surface area contributed by atoms with Crippen LogP contribution in [-0.2, 0) is 21.9 Å². The summed E-state index contributed by atoms with van der Waals surface area (Å²) >= 11 is 11.3. The minimum atomic E-state index is -4.90. The highest BCUT2D eigenvalue weighted by atomic mass is 35.5. The number of carbonyl (C=O) groups excluding carboxylic acids is 2. The van der Waals surface area contributed by atoms with E-state index in [-0.39, 0.29) is 17.2 Å². The van der Waals surface area contributed by atoms with Crippen molar-refractivity contribution in [3.63, 3.8) is 0 Å². The first-order valence-corrected chi connectivity index (χ1v) is 11.9. The van der Waals surface area contributed by atoms with Gasteiger partial charge in [-0.2, -0.15) is 31.4 Å². The molecule has 216 valence electrons. The van der Waals surface area contributed by atoms with Crippen molar-refractivity contribution >= 4 is 52.5 Å². The molecule has 1 amide bonds. The van der Waals surface area contributed by atoms with Crippen molar-refractivity contribution in [2.45, 2.75) is 19.3 Å². The van der Waals surface area contributed by atoms with E-state index < -0.39 is 51.1 Å². The Morgan fingerprint density at radius 3 is 2.05 bits per heavy atom. The standard InChI is InChI=1S/C26H17Cl2F6N3O4/c1-14(38)41-22-9-3-15(11-23(22)40-2)4-10-24(39)37(17-6-8-21(28)19(13-17)26(32,33)34)36-35-16-5-7-20(27)18(12-16)25(29,30)31/h3-13H,1-2H3/b10-4+,36-35?. The monoisotopic (exact) mass is 619 g/mol. The smallest absolute Gasteiger partial charge is 0.417 e. The number of carbonyl (C=O) groups is 2. The lowest BCUT2D eigenvalue weighted by Crippen LogP contribution is -2.23. The molecule has 0 aliphatic carbocycles. The molecule has 15 heteroatoms. The maximum absolute atomic E-state index is 13.5. The molecule has 0 aliphatic rings. The first-order valence-electron chi connectivity index (χ1n) is 11.1. The first kappa shape index (κ1) is 31.4. The van der Waals surface area contributed by atoms with Crippen LogP contribution in [-0.4, -0.2) is 19.0 Å². The van der Waals surface area contributed by atoms with Crippen molar-refractivity contribution in [2.24, 2.45) is 10.3 Å². The van der Waals surface area contributed by atoms with Gasteiger partial charge in [0.15, 0.2) is 11.5 Å². The zero-order valence-corrected chi connectivity index (χ0v) is 22.4. The number of amides is 1. The fourth-order valence-corrected chi connectivity index (χ4v) is 3.69. The van der Waals surface area contributed by atoms with Gasteiger partial charge in [0.25, 0.3) is 5.91 Å². The molecule has 0 aromatic heterocycles. The summed E-state index contributed by atoms with van der Waals surface area (Å²) in [4.78, 5) is 24.3. The van der Waals surface area contributed by atoms with Crippen LogP contribution >= 0.6 is 23.2 Å². The van der Waals surface area contributed by atoms with E-state index in [4.69, 9.17) is 32.7 Å². The fraction of sp³-hybridized carbons (Fsp3) is 0.154. The summed E-state index contributed by atoms with van der Waals surface area (Å²) in [5, 5.41) is 6.39. The Morgan fingerprint density at radius 2 is 1.46 bits per heavy atom. The van der Waals surface area contributed by atoms with Crippen molar-refractivity contribution in [3.05, 3.63) is 87.4 Å². The SMILES string of the molecule is COc1cc(/C=C/C(=O)N(N=Nc2ccc(Cl)c(C(F)(F)F)c2)c2ccc(Cl)c(C(F)(F)F)c2)ccc1OC(C)=O. The summed E-state index contributed by atoms with van der Waals surface area (Å²) in [5.41, 5.74) is -2.99. The highest BCUT2D eigenvalue weighted by Crippen LogP contribution is 2.39. The van der Waals surface area contributed by atoms with Crippen LogP contribution in [0.2, 0.25) is 10.0 Å². The second-order valence-electron chi connectivity index (χ2n) is 8.00. The van der Waals surface area contributed by atoms with Gasteiger partial charge in [0.2, 0.25) is 0 Å². The third-order valence-corrected chi connectivity index (χ3v) is 5.73. The van der Waals surface area contributed by atoms with E-state index in [1.807, 2.05) is 0 Å². The molecule has 0 saturated carbocycles. The van der Waals surface area contributed by atoms with Gasteiger partial charge in [-0.05, 0) is 60.2 Å². The predicted octanol–water partition coefficient (Wildman–Crippen LogP) is 8.71. The Balaban J connectivity index is 2.03. The molecule has 0 atom stereocenters. The van der Waals surface area contributed by atoms with Gasteiger partial charge < -0.3 is 9.47 Å². The van der Waals surface area contributed by atoms with E-state index in [0.717, 1.165) is 30.3 Å². The Labute approximate surface area is 238 Å². The Bertz CT molecular complexity index is 1520. The first-order chi connectivity index (χ1) is 19.1. The lowest BCUT2D eigenvalue weighted by molar-refractivity contribution is -0.138. The Kier molecular flexibility index (Phi) is 9.66. The highest BCUT2D eigenvalue weighted by Gasteiger charge is 2.35. The summed E-state index contributed by atoms with van der Waals surface area (Å²) in [6.45, 7) is 1.18. The van der Waals surface area contributed by atoms with Crippen LogP contribution in [0, 0.1) is 0 Å². The summed E-state index contributed by atoms with van der Waals surface area (Å²) in [7, 11) is 1.31. The molecule has 41 heavy (non-hydrogen) atoms. The second-order valence-corrected chi connectivity index (χ2v) is 8.81. The Hall–Kier alpha value is -4.10. The third-order valence-electron chi connectivity index (χ3n) is 5.07. The average Bonchev–Trinajstić information content (AvgIpc) is 2.88. The minimum absolute atomic E-state index is 0.0981. The molecular formula is C26H17Cl2F6N3O4.